The van der Waals surface area contributed by atoms with E-state index in [0.717, 1.165) is 0 Å². The van der Waals surface area contributed by atoms with Crippen LogP contribution in [-0.4, -0.2) is 30.4 Å². The summed E-state index contributed by atoms with van der Waals surface area (Å²) < 4.78 is 31.0. The maximum Gasteiger partial charge on any atom is 0.335 e. The molecule has 2 aromatic heterocycles. The number of nitrogens with one attached hydrogen (secondary N) is 1. The van der Waals surface area contributed by atoms with Gasteiger partial charge in [0.25, 0.3) is 0 Å². The number of nitriles is 2. The number of rotatable bonds is 4. The fourth-order valence-electron chi connectivity index (χ4n) is 3.20. The lowest BCUT2D eigenvalue weighted by Crippen LogP contribution is -2.17. The summed E-state index contributed by atoms with van der Waals surface area (Å²) in [6, 6.07) is 13.1. The summed E-state index contributed by atoms with van der Waals surface area (Å²) >= 11 is 0. The van der Waals surface area contributed by atoms with E-state index >= 15 is 0 Å². The maximum absolute atomic E-state index is 14.8. The third-order valence-electron chi connectivity index (χ3n) is 4.65. The molecule has 1 N–H and O–H groups in total. The van der Waals surface area contributed by atoms with E-state index in [9.17, 15) is 19.3 Å². The molecule has 0 fully saturated rings. The number of hydrogen-bond acceptors (Lipinski definition) is 6. The van der Waals surface area contributed by atoms with Crippen molar-refractivity contribution in [1.82, 2.24) is 30.4 Å². The fraction of sp³-hybridized carbons (Fsp3) is 0.158. The smallest absolute Gasteiger partial charge is 0.260 e. The van der Waals surface area contributed by atoms with Gasteiger partial charge in [0, 0.05) is 16.5 Å². The molecule has 0 spiro atoms. The van der Waals surface area contributed by atoms with Crippen LogP contribution in [0.1, 0.15) is 33.8 Å². The zero-order valence-corrected chi connectivity index (χ0v) is 15.1. The van der Waals surface area contributed by atoms with Gasteiger partial charge in [0.05, 0.1) is 41.0 Å². The van der Waals surface area contributed by atoms with Crippen molar-refractivity contribution in [3.63, 3.8) is 0 Å². The largest absolute Gasteiger partial charge is 0.335 e. The van der Waals surface area contributed by atoms with Crippen molar-refractivity contribution in [2.24, 2.45) is 0 Å². The number of fused-ring (bicyclic) bond motifs is 1. The Morgan fingerprint density at radius 2 is 1.86 bits per heavy atom. The Morgan fingerprint density at radius 1 is 1.14 bits per heavy atom. The van der Waals surface area contributed by atoms with E-state index in [4.69, 9.17) is 0 Å². The molecule has 29 heavy (non-hydrogen) atoms. The van der Waals surface area contributed by atoms with Gasteiger partial charge in [0.15, 0.2) is 0 Å². The molecule has 0 aliphatic carbocycles. The Labute approximate surface area is 163 Å². The number of alkyl halides is 2. The van der Waals surface area contributed by atoms with Crippen LogP contribution < -0.4 is 0 Å². The summed E-state index contributed by atoms with van der Waals surface area (Å²) in [5.74, 6) is -4.19. The quantitative estimate of drug-likeness (QED) is 0.572. The number of tetrazole rings is 1. The minimum atomic E-state index is -3.45. The average Bonchev–Trinajstić information content (AvgIpc) is 3.37. The van der Waals surface area contributed by atoms with Gasteiger partial charge < -0.3 is 0 Å². The van der Waals surface area contributed by atoms with Crippen LogP contribution >= 0.6 is 0 Å². The second-order valence-electron chi connectivity index (χ2n) is 6.34. The van der Waals surface area contributed by atoms with Crippen molar-refractivity contribution < 1.29 is 8.78 Å². The first-order chi connectivity index (χ1) is 14.0. The molecule has 0 bridgehead atoms. The van der Waals surface area contributed by atoms with Gasteiger partial charge in [-0.25, -0.2) is 0 Å². The molecule has 0 saturated heterocycles. The number of halogens is 2. The molecule has 2 heterocycles. The van der Waals surface area contributed by atoms with E-state index in [-0.39, 0.29) is 12.1 Å². The number of aromatic nitrogens is 6. The Balaban J connectivity index is 1.86. The lowest BCUT2D eigenvalue weighted by atomic mass is 10.0. The first kappa shape index (κ1) is 18.2. The van der Waals surface area contributed by atoms with Crippen LogP contribution in [-0.2, 0) is 12.5 Å². The summed E-state index contributed by atoms with van der Waals surface area (Å²) in [4.78, 5) is 0. The van der Waals surface area contributed by atoms with Crippen LogP contribution in [0.15, 0.2) is 36.4 Å². The van der Waals surface area contributed by atoms with Gasteiger partial charge in [-0.2, -0.15) is 29.6 Å². The van der Waals surface area contributed by atoms with Gasteiger partial charge in [-0.15, -0.1) is 10.2 Å². The highest BCUT2D eigenvalue weighted by Crippen LogP contribution is 2.35. The van der Waals surface area contributed by atoms with Gasteiger partial charge in [-0.05, 0) is 30.3 Å². The van der Waals surface area contributed by atoms with Crippen LogP contribution in [0.4, 0.5) is 8.78 Å². The molecule has 2 aromatic carbocycles. The van der Waals surface area contributed by atoms with Crippen molar-refractivity contribution in [2.45, 2.75) is 19.4 Å². The van der Waals surface area contributed by atoms with Crippen LogP contribution in [0.2, 0.25) is 0 Å². The number of benzene rings is 2. The van der Waals surface area contributed by atoms with E-state index in [2.05, 4.69) is 32.6 Å². The minimum absolute atomic E-state index is 0.0915. The van der Waals surface area contributed by atoms with Crippen LogP contribution in [0.25, 0.3) is 10.9 Å². The van der Waals surface area contributed by atoms with E-state index < -0.39 is 11.7 Å². The number of H-pyrrole nitrogens is 1. The molecular weight excluding hydrogens is 378 g/mol. The minimum Gasteiger partial charge on any atom is -0.260 e. The van der Waals surface area contributed by atoms with E-state index in [1.807, 2.05) is 5.21 Å². The van der Waals surface area contributed by atoms with Crippen molar-refractivity contribution >= 4 is 10.9 Å². The second-order valence-corrected chi connectivity index (χ2v) is 6.34. The normalized spacial score (nSPS) is 11.3. The molecule has 10 heteroatoms. The highest BCUT2D eigenvalue weighted by atomic mass is 19.3. The zero-order chi connectivity index (χ0) is 20.6. The molecule has 0 unspecified atom stereocenters. The van der Waals surface area contributed by atoms with Crippen molar-refractivity contribution in [1.29, 1.82) is 10.5 Å². The molecule has 0 aliphatic rings. The van der Waals surface area contributed by atoms with Crippen LogP contribution in [0, 0.1) is 29.6 Å². The highest BCUT2D eigenvalue weighted by Gasteiger charge is 2.39. The predicted octanol–water partition coefficient (Wildman–Crippen LogP) is 2.79. The van der Waals surface area contributed by atoms with E-state index in [1.165, 1.54) is 16.8 Å². The summed E-state index contributed by atoms with van der Waals surface area (Å²) in [5.41, 5.74) is 1.92. The summed E-state index contributed by atoms with van der Waals surface area (Å²) in [5, 5.41) is 35.9. The van der Waals surface area contributed by atoms with Crippen LogP contribution in [0.3, 0.4) is 0 Å². The van der Waals surface area contributed by atoms with Gasteiger partial charge >= 0.3 is 5.92 Å². The highest BCUT2D eigenvalue weighted by molar-refractivity contribution is 5.83. The predicted molar refractivity (Wildman–Crippen MR) is 96.6 cm³/mol. The van der Waals surface area contributed by atoms with Gasteiger partial charge in [0.1, 0.15) is 0 Å². The molecule has 8 nitrogen and oxygen atoms in total. The summed E-state index contributed by atoms with van der Waals surface area (Å²) in [7, 11) is 0. The molecule has 0 radical (unpaired) electrons. The van der Waals surface area contributed by atoms with Gasteiger partial charge in [0.2, 0.25) is 5.82 Å². The molecule has 4 aromatic rings. The lowest BCUT2D eigenvalue weighted by molar-refractivity contribution is 0.0330. The average molecular weight is 390 g/mol. The van der Waals surface area contributed by atoms with Crippen molar-refractivity contribution in [3.8, 4) is 12.1 Å². The van der Waals surface area contributed by atoms with E-state index in [0.29, 0.717) is 33.3 Å². The van der Waals surface area contributed by atoms with E-state index in [1.54, 1.807) is 31.2 Å². The number of aromatic amines is 1. The number of aryl methyl sites for hydroxylation is 1. The molecule has 4 rings (SSSR count). The first-order valence-electron chi connectivity index (χ1n) is 8.47. The molecule has 0 amide bonds. The van der Waals surface area contributed by atoms with Crippen molar-refractivity contribution in [2.75, 3.05) is 0 Å². The topological polar surface area (TPSA) is 120 Å². The SMILES string of the molecule is Cc1nn(Cc2c(C#N)cccc2C#N)c2cc(C(F)(F)c3nn[nH]n3)ccc12. The van der Waals surface area contributed by atoms with Crippen LogP contribution in [0.5, 0.6) is 0 Å². The Bertz CT molecular complexity index is 1260. The zero-order valence-electron chi connectivity index (χ0n) is 15.1. The molecule has 142 valence electrons. The number of hydrogen-bond donors (Lipinski definition) is 1. The third-order valence-corrected chi connectivity index (χ3v) is 4.65. The summed E-state index contributed by atoms with van der Waals surface area (Å²) in [6.45, 7) is 1.85. The summed E-state index contributed by atoms with van der Waals surface area (Å²) in [6.07, 6.45) is 0. The monoisotopic (exact) mass is 390 g/mol. The lowest BCUT2D eigenvalue weighted by Gasteiger charge is -2.13. The first-order valence-corrected chi connectivity index (χ1v) is 8.47. The maximum atomic E-state index is 14.8. The number of nitrogens with zero attached hydrogens (tertiary/aromatic N) is 7. The third kappa shape index (κ3) is 2.97. The second kappa shape index (κ2) is 6.77. The Morgan fingerprint density at radius 3 is 2.48 bits per heavy atom. The molecule has 0 aliphatic heterocycles. The Kier molecular flexibility index (Phi) is 4.24. The van der Waals surface area contributed by atoms with Gasteiger partial charge in [-0.3, -0.25) is 4.68 Å². The van der Waals surface area contributed by atoms with Gasteiger partial charge in [-0.1, -0.05) is 18.2 Å². The standard InChI is InChI=1S/C19H12F2N8/c1-11-15-6-5-14(19(20,21)18-24-27-28-25-18)7-17(15)29(26-11)10-16-12(8-22)3-2-4-13(16)9-23/h2-7H,10H2,1H3,(H,24,25,27,28). The molecular formula is C19H12F2N8. The fourth-order valence-corrected chi connectivity index (χ4v) is 3.20. The molecule has 0 atom stereocenters. The Hall–Kier alpha value is -4.18. The molecule has 0 saturated carbocycles. The van der Waals surface area contributed by atoms with Crippen molar-refractivity contribution in [3.05, 3.63) is 70.2 Å².